The minimum absolute atomic E-state index is 0.349. The number of fused-ring (bicyclic) bond motifs is 2. The molecule has 3 rings (SSSR count). The van der Waals surface area contributed by atoms with Crippen LogP contribution in [0.25, 0.3) is 0 Å². The molecule has 1 saturated heterocycles. The summed E-state index contributed by atoms with van der Waals surface area (Å²) in [4.78, 5) is 19.8. The smallest absolute Gasteiger partial charge is 0.229 e. The summed E-state index contributed by atoms with van der Waals surface area (Å²) >= 11 is 0. The third kappa shape index (κ3) is 1.27. The van der Waals surface area contributed by atoms with Crippen molar-refractivity contribution < 1.29 is 4.79 Å². The van der Waals surface area contributed by atoms with Gasteiger partial charge in [-0.3, -0.25) is 14.8 Å². The molecule has 6 heteroatoms. The number of allylic oxidation sites excluding steroid dienone is 1. The van der Waals surface area contributed by atoms with Crippen LogP contribution in [0, 0.1) is 5.92 Å². The van der Waals surface area contributed by atoms with Gasteiger partial charge in [-0.1, -0.05) is 0 Å². The molecular formula is C10H11N5O. The number of nitrogens with one attached hydrogen (secondary N) is 1. The molecule has 3 heterocycles. The number of carbonyl (C=O) groups excluding carboxylic acids is 1. The number of aliphatic imine (C=N–C) groups is 2. The van der Waals surface area contributed by atoms with Gasteiger partial charge in [0.25, 0.3) is 0 Å². The number of amides is 1. The highest BCUT2D eigenvalue weighted by Gasteiger charge is 2.35. The Balaban J connectivity index is 1.99. The summed E-state index contributed by atoms with van der Waals surface area (Å²) in [6.07, 6.45) is 5.61. The monoisotopic (exact) mass is 217 g/mol. The highest BCUT2D eigenvalue weighted by molar-refractivity contribution is 6.06. The number of carbonyl (C=O) groups is 1. The van der Waals surface area contributed by atoms with Gasteiger partial charge in [-0.05, 0) is 6.08 Å². The van der Waals surface area contributed by atoms with Gasteiger partial charge in [-0.25, -0.2) is 10.4 Å². The summed E-state index contributed by atoms with van der Waals surface area (Å²) in [5.41, 5.74) is 10.2. The third-order valence-electron chi connectivity index (χ3n) is 2.79. The van der Waals surface area contributed by atoms with Gasteiger partial charge in [0.2, 0.25) is 5.91 Å². The first kappa shape index (κ1) is 9.29. The van der Waals surface area contributed by atoms with E-state index in [0.717, 1.165) is 11.3 Å². The highest BCUT2D eigenvalue weighted by atomic mass is 16.1. The van der Waals surface area contributed by atoms with E-state index in [9.17, 15) is 4.79 Å². The number of primary amides is 1. The SMILES string of the molecule is NC(=O)C1CNN2C=C3C=NCC=C3N=C12. The standard InChI is InChI=1S/C10H11N5O/c11-9(16)7-4-13-15-5-6-3-12-2-1-8(6)14-10(7)15/h1,3,5,7,13H,2,4H2,(H2,11,16). The zero-order chi connectivity index (χ0) is 11.1. The highest BCUT2D eigenvalue weighted by Crippen LogP contribution is 2.24. The Bertz CT molecular complexity index is 474. The number of nitrogens with zero attached hydrogens (tertiary/aromatic N) is 3. The fourth-order valence-corrected chi connectivity index (χ4v) is 1.95. The molecule has 0 aromatic rings. The van der Waals surface area contributed by atoms with E-state index in [0.29, 0.717) is 18.9 Å². The van der Waals surface area contributed by atoms with Crippen molar-refractivity contribution in [3.8, 4) is 0 Å². The van der Waals surface area contributed by atoms with Gasteiger partial charge in [0, 0.05) is 24.5 Å². The Kier molecular flexibility index (Phi) is 1.90. The van der Waals surface area contributed by atoms with Crippen LogP contribution in [0.1, 0.15) is 0 Å². The second-order valence-electron chi connectivity index (χ2n) is 3.83. The van der Waals surface area contributed by atoms with Crippen LogP contribution in [0.2, 0.25) is 0 Å². The van der Waals surface area contributed by atoms with Gasteiger partial charge in [0.15, 0.2) is 0 Å². The molecule has 0 aromatic carbocycles. The molecule has 0 bridgehead atoms. The summed E-state index contributed by atoms with van der Waals surface area (Å²) in [7, 11) is 0. The van der Waals surface area contributed by atoms with Crippen molar-refractivity contribution in [3.63, 3.8) is 0 Å². The normalized spacial score (nSPS) is 26.6. The molecule has 1 fully saturated rings. The van der Waals surface area contributed by atoms with Gasteiger partial charge in [0.05, 0.1) is 12.2 Å². The summed E-state index contributed by atoms with van der Waals surface area (Å²) in [6, 6.07) is 0. The Morgan fingerprint density at radius 2 is 2.50 bits per heavy atom. The average molecular weight is 217 g/mol. The Labute approximate surface area is 92.2 Å². The van der Waals surface area contributed by atoms with Gasteiger partial charge in [-0.15, -0.1) is 0 Å². The second kappa shape index (κ2) is 3.28. The number of dihydropyridines is 1. The maximum atomic E-state index is 11.2. The largest absolute Gasteiger partial charge is 0.369 e. The zero-order valence-electron chi connectivity index (χ0n) is 8.55. The number of hydrogen-bond acceptors (Lipinski definition) is 5. The molecule has 1 atom stereocenters. The van der Waals surface area contributed by atoms with E-state index in [4.69, 9.17) is 5.73 Å². The van der Waals surface area contributed by atoms with Crippen molar-refractivity contribution >= 4 is 18.0 Å². The molecule has 1 amide bonds. The Hall–Kier alpha value is -1.95. The topological polar surface area (TPSA) is 83.1 Å². The molecule has 0 saturated carbocycles. The van der Waals surface area contributed by atoms with Crippen molar-refractivity contribution in [2.45, 2.75) is 0 Å². The first-order valence-corrected chi connectivity index (χ1v) is 5.08. The Morgan fingerprint density at radius 3 is 3.31 bits per heavy atom. The van der Waals surface area contributed by atoms with Crippen LogP contribution in [-0.2, 0) is 4.79 Å². The Morgan fingerprint density at radius 1 is 1.62 bits per heavy atom. The molecule has 3 N–H and O–H groups in total. The summed E-state index contributed by atoms with van der Waals surface area (Å²) in [5.74, 6) is -0.0222. The number of hydrazine groups is 1. The van der Waals surface area contributed by atoms with Crippen molar-refractivity contribution in [3.05, 3.63) is 23.5 Å². The minimum atomic E-state index is -0.351. The van der Waals surface area contributed by atoms with Gasteiger partial charge in [-0.2, -0.15) is 0 Å². The molecule has 6 nitrogen and oxygen atoms in total. The van der Waals surface area contributed by atoms with Gasteiger partial charge in [0.1, 0.15) is 11.8 Å². The molecule has 0 aliphatic carbocycles. The van der Waals surface area contributed by atoms with Gasteiger partial charge < -0.3 is 5.73 Å². The second-order valence-corrected chi connectivity index (χ2v) is 3.83. The average Bonchev–Trinajstić information content (AvgIpc) is 2.68. The van der Waals surface area contributed by atoms with E-state index in [-0.39, 0.29) is 11.8 Å². The number of nitrogens with two attached hydrogens (primary N) is 1. The van der Waals surface area contributed by atoms with Crippen LogP contribution in [-0.4, -0.2) is 36.1 Å². The predicted octanol–water partition coefficient (Wildman–Crippen LogP) is -0.828. The van der Waals surface area contributed by atoms with E-state index < -0.39 is 0 Å². The summed E-state index contributed by atoms with van der Waals surface area (Å²) < 4.78 is 0. The van der Waals surface area contributed by atoms with Crippen LogP contribution < -0.4 is 11.2 Å². The van der Waals surface area contributed by atoms with Crippen LogP contribution >= 0.6 is 0 Å². The number of hydrogen-bond donors (Lipinski definition) is 2. The van der Waals surface area contributed by atoms with Gasteiger partial charge >= 0.3 is 0 Å². The fourth-order valence-electron chi connectivity index (χ4n) is 1.95. The minimum Gasteiger partial charge on any atom is -0.369 e. The third-order valence-corrected chi connectivity index (χ3v) is 2.79. The van der Waals surface area contributed by atoms with Crippen LogP contribution in [0.5, 0.6) is 0 Å². The molecule has 16 heavy (non-hydrogen) atoms. The lowest BCUT2D eigenvalue weighted by molar-refractivity contribution is -0.119. The quantitative estimate of drug-likeness (QED) is 0.601. The van der Waals surface area contributed by atoms with E-state index in [2.05, 4.69) is 15.4 Å². The first-order chi connectivity index (χ1) is 7.75. The molecular weight excluding hydrogens is 206 g/mol. The van der Waals surface area contributed by atoms with Crippen molar-refractivity contribution in [2.24, 2.45) is 21.6 Å². The molecule has 0 aromatic heterocycles. The van der Waals surface area contributed by atoms with E-state index >= 15 is 0 Å². The van der Waals surface area contributed by atoms with Crippen LogP contribution in [0.15, 0.2) is 33.5 Å². The lowest BCUT2D eigenvalue weighted by Crippen LogP contribution is -2.35. The number of amidine groups is 1. The van der Waals surface area contributed by atoms with Crippen molar-refractivity contribution in [1.82, 2.24) is 10.4 Å². The lowest BCUT2D eigenvalue weighted by Gasteiger charge is -2.22. The molecule has 82 valence electrons. The van der Waals surface area contributed by atoms with E-state index in [1.807, 2.05) is 12.3 Å². The molecule has 3 aliphatic heterocycles. The lowest BCUT2D eigenvalue weighted by atomic mass is 10.1. The maximum absolute atomic E-state index is 11.2. The predicted molar refractivity (Wildman–Crippen MR) is 59.5 cm³/mol. The summed E-state index contributed by atoms with van der Waals surface area (Å²) in [5, 5.41) is 1.75. The molecule has 3 aliphatic rings. The van der Waals surface area contributed by atoms with Crippen molar-refractivity contribution in [2.75, 3.05) is 13.1 Å². The summed E-state index contributed by atoms with van der Waals surface area (Å²) in [6.45, 7) is 1.14. The van der Waals surface area contributed by atoms with E-state index in [1.165, 1.54) is 0 Å². The van der Waals surface area contributed by atoms with Crippen LogP contribution in [0.4, 0.5) is 0 Å². The van der Waals surface area contributed by atoms with Crippen LogP contribution in [0.3, 0.4) is 0 Å². The van der Waals surface area contributed by atoms with Crippen molar-refractivity contribution in [1.29, 1.82) is 0 Å². The first-order valence-electron chi connectivity index (χ1n) is 5.08. The maximum Gasteiger partial charge on any atom is 0.229 e. The molecule has 0 spiro atoms. The van der Waals surface area contributed by atoms with E-state index in [1.54, 1.807) is 11.2 Å². The number of rotatable bonds is 1. The fraction of sp³-hybridized carbons (Fsp3) is 0.300. The molecule has 1 unspecified atom stereocenters. The molecule has 0 radical (unpaired) electrons. The zero-order valence-corrected chi connectivity index (χ0v) is 8.55.